The summed E-state index contributed by atoms with van der Waals surface area (Å²) < 4.78 is 5.34. The van der Waals surface area contributed by atoms with Crippen molar-refractivity contribution in [2.45, 2.75) is 19.3 Å². The average molecular weight is 433 g/mol. The highest BCUT2D eigenvalue weighted by Gasteiger charge is 2.32. The number of hydrogen-bond acceptors (Lipinski definition) is 4. The van der Waals surface area contributed by atoms with Gasteiger partial charge in [0.05, 0.1) is 23.5 Å². The fourth-order valence-electron chi connectivity index (χ4n) is 3.11. The number of thiazole rings is 1. The first-order valence-corrected chi connectivity index (χ1v) is 10.6. The molecule has 28 heavy (non-hydrogen) atoms. The molecular weight excluding hydrogens is 415 g/mol. The SMILES string of the molecule is COc1cccc(N(C(=O)C2CCC2)c2nc(-c3ccc(Cl)cc3Cl)cs2)c1. The Balaban J connectivity index is 1.74. The van der Waals surface area contributed by atoms with Crippen LogP contribution in [0.5, 0.6) is 5.75 Å². The average Bonchev–Trinajstić information content (AvgIpc) is 3.10. The predicted octanol–water partition coefficient (Wildman–Crippen LogP) is 6.59. The number of methoxy groups -OCH3 is 1. The number of aromatic nitrogens is 1. The van der Waals surface area contributed by atoms with Crippen molar-refractivity contribution in [3.05, 3.63) is 57.9 Å². The van der Waals surface area contributed by atoms with Gasteiger partial charge >= 0.3 is 0 Å². The lowest BCUT2D eigenvalue weighted by molar-refractivity contribution is -0.123. The number of anilines is 2. The number of nitrogens with zero attached hydrogens (tertiary/aromatic N) is 2. The Hall–Kier alpha value is -2.08. The summed E-state index contributed by atoms with van der Waals surface area (Å²) in [5, 5.41) is 3.63. The van der Waals surface area contributed by atoms with E-state index in [0.29, 0.717) is 20.9 Å². The van der Waals surface area contributed by atoms with E-state index in [1.54, 1.807) is 24.1 Å². The van der Waals surface area contributed by atoms with Crippen LogP contribution < -0.4 is 9.64 Å². The number of carbonyl (C=O) groups is 1. The fourth-order valence-corrected chi connectivity index (χ4v) is 4.46. The number of ether oxygens (including phenoxy) is 1. The summed E-state index contributed by atoms with van der Waals surface area (Å²) in [4.78, 5) is 19.6. The van der Waals surface area contributed by atoms with Gasteiger partial charge in [0.15, 0.2) is 5.13 Å². The normalized spacial score (nSPS) is 13.8. The van der Waals surface area contributed by atoms with Crippen molar-refractivity contribution in [1.82, 2.24) is 4.98 Å². The third-order valence-corrected chi connectivity index (χ3v) is 6.25. The maximum atomic E-state index is 13.2. The molecule has 0 spiro atoms. The van der Waals surface area contributed by atoms with Gasteiger partial charge in [-0.1, -0.05) is 35.7 Å². The van der Waals surface area contributed by atoms with Crippen molar-refractivity contribution in [3.63, 3.8) is 0 Å². The molecule has 1 amide bonds. The van der Waals surface area contributed by atoms with Crippen LogP contribution in [0.2, 0.25) is 10.0 Å². The van der Waals surface area contributed by atoms with Crippen LogP contribution in [0.15, 0.2) is 47.8 Å². The molecule has 0 radical (unpaired) electrons. The molecule has 7 heteroatoms. The molecule has 0 saturated heterocycles. The van der Waals surface area contributed by atoms with Crippen molar-refractivity contribution < 1.29 is 9.53 Å². The molecule has 0 N–H and O–H groups in total. The lowest BCUT2D eigenvalue weighted by Gasteiger charge is -2.30. The number of hydrogen-bond donors (Lipinski definition) is 0. The molecule has 1 aromatic heterocycles. The summed E-state index contributed by atoms with van der Waals surface area (Å²) in [5.41, 5.74) is 2.26. The molecule has 4 nitrogen and oxygen atoms in total. The monoisotopic (exact) mass is 432 g/mol. The van der Waals surface area contributed by atoms with E-state index >= 15 is 0 Å². The van der Waals surface area contributed by atoms with Crippen molar-refractivity contribution >= 4 is 51.3 Å². The van der Waals surface area contributed by atoms with Gasteiger partial charge < -0.3 is 4.74 Å². The minimum absolute atomic E-state index is 0.0395. The smallest absolute Gasteiger partial charge is 0.236 e. The third kappa shape index (κ3) is 3.75. The van der Waals surface area contributed by atoms with Crippen LogP contribution in [0.4, 0.5) is 10.8 Å². The molecule has 1 aliphatic rings. The molecule has 0 atom stereocenters. The van der Waals surface area contributed by atoms with Crippen molar-refractivity contribution in [1.29, 1.82) is 0 Å². The Labute approximate surface area is 177 Å². The first-order chi connectivity index (χ1) is 13.6. The minimum atomic E-state index is 0.0395. The second-order valence-corrected chi connectivity index (χ2v) is 8.32. The van der Waals surface area contributed by atoms with E-state index in [2.05, 4.69) is 0 Å². The standard InChI is InChI=1S/C21H18Cl2N2O2S/c1-27-16-7-3-6-15(11-16)25(20(26)13-4-2-5-13)21-24-19(12-28-21)17-9-8-14(22)10-18(17)23/h3,6-13H,2,4-5H2,1H3. The van der Waals surface area contributed by atoms with Crippen molar-refractivity contribution in [3.8, 4) is 17.0 Å². The van der Waals surface area contributed by atoms with Gasteiger partial charge in [-0.05, 0) is 43.2 Å². The van der Waals surface area contributed by atoms with Gasteiger partial charge in [0.1, 0.15) is 5.75 Å². The molecule has 1 aliphatic carbocycles. The zero-order valence-corrected chi connectivity index (χ0v) is 17.5. The Bertz CT molecular complexity index is 1020. The lowest BCUT2D eigenvalue weighted by Crippen LogP contribution is -2.35. The molecule has 0 bridgehead atoms. The number of amides is 1. The molecule has 0 aliphatic heterocycles. The van der Waals surface area contributed by atoms with Gasteiger partial charge in [-0.2, -0.15) is 0 Å². The summed E-state index contributed by atoms with van der Waals surface area (Å²) in [6, 6.07) is 12.8. The summed E-state index contributed by atoms with van der Waals surface area (Å²) in [6.07, 6.45) is 2.92. The highest BCUT2D eigenvalue weighted by molar-refractivity contribution is 7.14. The highest BCUT2D eigenvalue weighted by atomic mass is 35.5. The zero-order valence-electron chi connectivity index (χ0n) is 15.2. The zero-order chi connectivity index (χ0) is 19.7. The molecule has 1 saturated carbocycles. The number of halogens is 2. The molecule has 4 rings (SSSR count). The van der Waals surface area contributed by atoms with Crippen LogP contribution in [-0.2, 0) is 4.79 Å². The maximum Gasteiger partial charge on any atom is 0.236 e. The first kappa shape index (κ1) is 19.2. The van der Waals surface area contributed by atoms with Crippen molar-refractivity contribution in [2.24, 2.45) is 5.92 Å². The van der Waals surface area contributed by atoms with E-state index in [0.717, 1.165) is 36.2 Å². The van der Waals surface area contributed by atoms with E-state index in [4.69, 9.17) is 32.9 Å². The van der Waals surface area contributed by atoms with Gasteiger partial charge in [0, 0.05) is 28.0 Å². The van der Waals surface area contributed by atoms with Crippen LogP contribution in [0.25, 0.3) is 11.3 Å². The Morgan fingerprint density at radius 1 is 1.21 bits per heavy atom. The summed E-state index contributed by atoms with van der Waals surface area (Å²) in [5.74, 6) is 0.807. The fraction of sp³-hybridized carbons (Fsp3) is 0.238. The largest absolute Gasteiger partial charge is 0.497 e. The Morgan fingerprint density at radius 2 is 2.04 bits per heavy atom. The molecule has 1 fully saturated rings. The van der Waals surface area contributed by atoms with Crippen LogP contribution in [0.1, 0.15) is 19.3 Å². The van der Waals surface area contributed by atoms with Crippen LogP contribution in [0.3, 0.4) is 0 Å². The van der Waals surface area contributed by atoms with Gasteiger partial charge in [0.2, 0.25) is 5.91 Å². The molecule has 0 unspecified atom stereocenters. The summed E-state index contributed by atoms with van der Waals surface area (Å²) >= 11 is 13.8. The second kappa shape index (κ2) is 8.11. The molecular formula is C21H18Cl2N2O2S. The van der Waals surface area contributed by atoms with E-state index in [1.807, 2.05) is 35.7 Å². The van der Waals surface area contributed by atoms with Gasteiger partial charge in [-0.25, -0.2) is 4.98 Å². The topological polar surface area (TPSA) is 42.4 Å². The van der Waals surface area contributed by atoms with E-state index in [-0.39, 0.29) is 11.8 Å². The maximum absolute atomic E-state index is 13.2. The molecule has 1 heterocycles. The highest BCUT2D eigenvalue weighted by Crippen LogP contribution is 2.39. The van der Waals surface area contributed by atoms with Gasteiger partial charge in [-0.3, -0.25) is 9.69 Å². The third-order valence-electron chi connectivity index (χ3n) is 4.88. The van der Waals surface area contributed by atoms with Gasteiger partial charge in [-0.15, -0.1) is 11.3 Å². The van der Waals surface area contributed by atoms with Gasteiger partial charge in [0.25, 0.3) is 0 Å². The van der Waals surface area contributed by atoms with Crippen LogP contribution >= 0.6 is 34.5 Å². The quantitative estimate of drug-likeness (QED) is 0.456. The number of rotatable bonds is 5. The Morgan fingerprint density at radius 3 is 2.71 bits per heavy atom. The van der Waals surface area contributed by atoms with E-state index < -0.39 is 0 Å². The number of benzene rings is 2. The summed E-state index contributed by atoms with van der Waals surface area (Å²) in [7, 11) is 1.61. The number of carbonyl (C=O) groups excluding carboxylic acids is 1. The second-order valence-electron chi connectivity index (χ2n) is 6.64. The van der Waals surface area contributed by atoms with Crippen LogP contribution in [0, 0.1) is 5.92 Å². The molecule has 2 aromatic carbocycles. The molecule has 144 valence electrons. The lowest BCUT2D eigenvalue weighted by atomic mass is 9.84. The first-order valence-electron chi connectivity index (χ1n) is 8.96. The van der Waals surface area contributed by atoms with E-state index in [9.17, 15) is 4.79 Å². The summed E-state index contributed by atoms with van der Waals surface area (Å²) in [6.45, 7) is 0. The van der Waals surface area contributed by atoms with Crippen LogP contribution in [-0.4, -0.2) is 18.0 Å². The minimum Gasteiger partial charge on any atom is -0.497 e. The van der Waals surface area contributed by atoms with E-state index in [1.165, 1.54) is 11.3 Å². The predicted molar refractivity (Wildman–Crippen MR) is 115 cm³/mol. The molecule has 3 aromatic rings. The van der Waals surface area contributed by atoms with Crippen molar-refractivity contribution in [2.75, 3.05) is 12.0 Å². The Kier molecular flexibility index (Phi) is 5.58.